The number of carbonyl (C=O) groups excluding carboxylic acids is 1. The first-order valence-electron chi connectivity index (χ1n) is 9.02. The Bertz CT molecular complexity index is 918. The van der Waals surface area contributed by atoms with Crippen LogP contribution in [0.5, 0.6) is 0 Å². The highest BCUT2D eigenvalue weighted by Crippen LogP contribution is 2.33. The average Bonchev–Trinajstić information content (AvgIpc) is 3.29. The maximum absolute atomic E-state index is 12.4. The minimum absolute atomic E-state index is 0.0592. The van der Waals surface area contributed by atoms with Crippen LogP contribution in [-0.4, -0.2) is 16.0 Å². The van der Waals surface area contributed by atoms with Crippen LogP contribution in [-0.2, 0) is 24.1 Å². The van der Waals surface area contributed by atoms with Crippen LogP contribution in [0.25, 0.3) is 11.4 Å². The van der Waals surface area contributed by atoms with Crippen LogP contribution < -0.4 is 5.32 Å². The molecule has 1 N–H and O–H groups in total. The fourth-order valence-corrected chi connectivity index (χ4v) is 3.45. The van der Waals surface area contributed by atoms with Crippen molar-refractivity contribution in [2.45, 2.75) is 38.6 Å². The van der Waals surface area contributed by atoms with Crippen molar-refractivity contribution in [3.63, 3.8) is 0 Å². The largest absolute Gasteiger partial charge is 0.349 e. The van der Waals surface area contributed by atoms with Gasteiger partial charge < -0.3 is 9.84 Å². The zero-order valence-electron chi connectivity index (χ0n) is 14.7. The molecular formula is C21H21N3O2. The van der Waals surface area contributed by atoms with Gasteiger partial charge in [-0.15, -0.1) is 0 Å². The molecule has 1 aliphatic rings. The molecule has 0 saturated carbocycles. The average molecular weight is 347 g/mol. The molecule has 0 saturated heterocycles. The number of rotatable bonds is 5. The van der Waals surface area contributed by atoms with Gasteiger partial charge in [0.05, 0.1) is 12.5 Å². The van der Waals surface area contributed by atoms with Crippen molar-refractivity contribution in [1.29, 1.82) is 0 Å². The van der Waals surface area contributed by atoms with Gasteiger partial charge in [-0.1, -0.05) is 54.5 Å². The van der Waals surface area contributed by atoms with E-state index >= 15 is 0 Å². The number of nitrogens with one attached hydrogen (secondary N) is 1. The van der Waals surface area contributed by atoms with Crippen LogP contribution in [0.15, 0.2) is 53.1 Å². The van der Waals surface area contributed by atoms with E-state index in [1.807, 2.05) is 43.3 Å². The summed E-state index contributed by atoms with van der Waals surface area (Å²) in [5.74, 6) is 1.33. The smallest absolute Gasteiger partial charge is 0.226 e. The van der Waals surface area contributed by atoms with Gasteiger partial charge in [0.1, 0.15) is 0 Å². The number of benzene rings is 2. The van der Waals surface area contributed by atoms with Gasteiger partial charge in [0.25, 0.3) is 0 Å². The van der Waals surface area contributed by atoms with Gasteiger partial charge in [-0.25, -0.2) is 0 Å². The molecule has 0 aliphatic heterocycles. The number of hydrogen-bond acceptors (Lipinski definition) is 4. The van der Waals surface area contributed by atoms with Crippen LogP contribution in [0.3, 0.4) is 0 Å². The summed E-state index contributed by atoms with van der Waals surface area (Å²) in [7, 11) is 0. The Balaban J connectivity index is 1.47. The second-order valence-electron chi connectivity index (χ2n) is 6.60. The fourth-order valence-electron chi connectivity index (χ4n) is 3.45. The van der Waals surface area contributed by atoms with Gasteiger partial charge in [-0.3, -0.25) is 4.79 Å². The Labute approximate surface area is 152 Å². The summed E-state index contributed by atoms with van der Waals surface area (Å²) in [6.07, 6.45) is 3.00. The van der Waals surface area contributed by atoms with Gasteiger partial charge >= 0.3 is 0 Å². The van der Waals surface area contributed by atoms with Crippen molar-refractivity contribution in [2.24, 2.45) is 0 Å². The minimum atomic E-state index is 0.0592. The molecule has 3 aromatic rings. The van der Waals surface area contributed by atoms with E-state index in [1.165, 1.54) is 11.1 Å². The van der Waals surface area contributed by atoms with Crippen molar-refractivity contribution >= 4 is 5.91 Å². The molecule has 2 aromatic carbocycles. The summed E-state index contributed by atoms with van der Waals surface area (Å²) in [5.41, 5.74) is 4.43. The number of aryl methyl sites for hydroxylation is 2. The molecule has 1 heterocycles. The second kappa shape index (κ2) is 7.12. The highest BCUT2D eigenvalue weighted by Gasteiger charge is 2.24. The van der Waals surface area contributed by atoms with Gasteiger partial charge in [0.2, 0.25) is 17.6 Å². The summed E-state index contributed by atoms with van der Waals surface area (Å²) in [4.78, 5) is 16.8. The van der Waals surface area contributed by atoms with Crippen molar-refractivity contribution in [3.8, 4) is 11.4 Å². The SMILES string of the molecule is CCc1nc(-c2ccc3c(c2)CC[C@H]3NC(=O)Cc2ccccc2)no1. The summed E-state index contributed by atoms with van der Waals surface area (Å²) in [6, 6.07) is 16.1. The molecule has 132 valence electrons. The normalized spacial score (nSPS) is 15.7. The molecule has 1 amide bonds. The van der Waals surface area contributed by atoms with Gasteiger partial charge in [0.15, 0.2) is 0 Å². The van der Waals surface area contributed by atoms with Crippen molar-refractivity contribution < 1.29 is 9.32 Å². The number of hydrogen-bond donors (Lipinski definition) is 1. The van der Waals surface area contributed by atoms with Crippen molar-refractivity contribution in [2.75, 3.05) is 0 Å². The minimum Gasteiger partial charge on any atom is -0.349 e. The van der Waals surface area contributed by atoms with Crippen LogP contribution in [0.2, 0.25) is 0 Å². The molecule has 1 aromatic heterocycles. The number of carbonyl (C=O) groups is 1. The third-order valence-corrected chi connectivity index (χ3v) is 4.79. The Morgan fingerprint density at radius 1 is 1.23 bits per heavy atom. The van der Waals surface area contributed by atoms with Crippen LogP contribution in [0.4, 0.5) is 0 Å². The molecule has 1 atom stereocenters. The highest BCUT2D eigenvalue weighted by atomic mass is 16.5. The molecule has 0 fully saturated rings. The zero-order chi connectivity index (χ0) is 17.9. The van der Waals surface area contributed by atoms with E-state index in [-0.39, 0.29) is 11.9 Å². The van der Waals surface area contributed by atoms with Gasteiger partial charge in [0, 0.05) is 12.0 Å². The van der Waals surface area contributed by atoms with E-state index in [2.05, 4.69) is 27.6 Å². The Morgan fingerprint density at radius 3 is 2.85 bits per heavy atom. The molecule has 1 aliphatic carbocycles. The lowest BCUT2D eigenvalue weighted by Gasteiger charge is -2.14. The van der Waals surface area contributed by atoms with E-state index in [9.17, 15) is 4.79 Å². The van der Waals surface area contributed by atoms with Crippen LogP contribution in [0, 0.1) is 0 Å². The molecule has 5 heteroatoms. The van der Waals surface area contributed by atoms with Crippen LogP contribution >= 0.6 is 0 Å². The third kappa shape index (κ3) is 3.38. The Kier molecular flexibility index (Phi) is 4.52. The Hall–Kier alpha value is -2.95. The lowest BCUT2D eigenvalue weighted by atomic mass is 10.0. The number of fused-ring (bicyclic) bond motifs is 1. The lowest BCUT2D eigenvalue weighted by molar-refractivity contribution is -0.121. The van der Waals surface area contributed by atoms with Crippen molar-refractivity contribution in [1.82, 2.24) is 15.5 Å². The monoisotopic (exact) mass is 347 g/mol. The molecule has 26 heavy (non-hydrogen) atoms. The van der Waals surface area contributed by atoms with Gasteiger partial charge in [-0.2, -0.15) is 4.98 Å². The molecule has 0 bridgehead atoms. The maximum atomic E-state index is 12.4. The van der Waals surface area contributed by atoms with E-state index in [0.717, 1.165) is 30.4 Å². The molecule has 5 nitrogen and oxygen atoms in total. The number of amides is 1. The molecule has 4 rings (SSSR count). The lowest BCUT2D eigenvalue weighted by Crippen LogP contribution is -2.28. The molecule has 0 radical (unpaired) electrons. The van der Waals surface area contributed by atoms with E-state index in [0.29, 0.717) is 18.1 Å². The predicted octanol–water partition coefficient (Wildman–Crippen LogP) is 3.65. The molecule has 0 spiro atoms. The second-order valence-corrected chi connectivity index (χ2v) is 6.60. The van der Waals surface area contributed by atoms with Crippen LogP contribution in [0.1, 0.15) is 42.0 Å². The summed E-state index contributed by atoms with van der Waals surface area (Å²) < 4.78 is 5.20. The molecule has 0 unspecified atom stereocenters. The zero-order valence-corrected chi connectivity index (χ0v) is 14.7. The quantitative estimate of drug-likeness (QED) is 0.765. The first kappa shape index (κ1) is 16.5. The summed E-state index contributed by atoms with van der Waals surface area (Å²) in [6.45, 7) is 1.99. The first-order chi connectivity index (χ1) is 12.7. The highest BCUT2D eigenvalue weighted by molar-refractivity contribution is 5.79. The topological polar surface area (TPSA) is 68.0 Å². The maximum Gasteiger partial charge on any atom is 0.226 e. The standard InChI is InChI=1S/C21H21N3O2/c1-2-20-23-21(24-26-20)16-8-10-17-15(13-16)9-11-18(17)22-19(25)12-14-6-4-3-5-7-14/h3-8,10,13,18H,2,9,11-12H2,1H3,(H,22,25)/t18-/m1/s1. The predicted molar refractivity (Wildman–Crippen MR) is 98.5 cm³/mol. The summed E-state index contributed by atoms with van der Waals surface area (Å²) in [5, 5.41) is 7.21. The van der Waals surface area contributed by atoms with Gasteiger partial charge in [-0.05, 0) is 35.6 Å². The third-order valence-electron chi connectivity index (χ3n) is 4.79. The molecular weight excluding hydrogens is 326 g/mol. The summed E-state index contributed by atoms with van der Waals surface area (Å²) >= 11 is 0. The van der Waals surface area contributed by atoms with E-state index < -0.39 is 0 Å². The fraction of sp³-hybridized carbons (Fsp3) is 0.286. The van der Waals surface area contributed by atoms with Crippen molar-refractivity contribution in [3.05, 3.63) is 71.1 Å². The van der Waals surface area contributed by atoms with E-state index in [1.54, 1.807) is 0 Å². The number of aromatic nitrogens is 2. The first-order valence-corrected chi connectivity index (χ1v) is 9.02. The Morgan fingerprint density at radius 2 is 2.08 bits per heavy atom. The number of nitrogens with zero attached hydrogens (tertiary/aromatic N) is 2. The van der Waals surface area contributed by atoms with E-state index in [4.69, 9.17) is 4.52 Å².